The van der Waals surface area contributed by atoms with Crippen molar-refractivity contribution in [1.82, 2.24) is 5.32 Å². The first-order valence-corrected chi connectivity index (χ1v) is 7.15. The van der Waals surface area contributed by atoms with Gasteiger partial charge in [0, 0.05) is 19.1 Å². The van der Waals surface area contributed by atoms with Crippen molar-refractivity contribution < 1.29 is 14.3 Å². The molecule has 1 spiro atoms. The van der Waals surface area contributed by atoms with Crippen molar-refractivity contribution in [2.24, 2.45) is 16.7 Å². The second-order valence-corrected chi connectivity index (χ2v) is 7.15. The maximum Gasteiger partial charge on any atom is 0.224 e. The Morgan fingerprint density at radius 1 is 1.26 bits per heavy atom. The van der Waals surface area contributed by atoms with Gasteiger partial charge in [0.1, 0.15) is 0 Å². The van der Waals surface area contributed by atoms with Crippen LogP contribution in [0.1, 0.15) is 47.0 Å². The molecule has 2 aliphatic rings. The number of Topliss-reactive ketones (excluding diaryl/α,β-unsaturated/α-hetero) is 1. The van der Waals surface area contributed by atoms with E-state index in [-0.39, 0.29) is 28.4 Å². The maximum atomic E-state index is 12.3. The molecule has 1 aliphatic heterocycles. The van der Waals surface area contributed by atoms with Crippen LogP contribution in [0.15, 0.2) is 0 Å². The van der Waals surface area contributed by atoms with Crippen LogP contribution in [0.3, 0.4) is 0 Å². The molecule has 1 amide bonds. The van der Waals surface area contributed by atoms with Gasteiger partial charge in [-0.1, -0.05) is 20.8 Å². The molecule has 4 heteroatoms. The molecule has 2 unspecified atom stereocenters. The van der Waals surface area contributed by atoms with Crippen molar-refractivity contribution in [3.63, 3.8) is 0 Å². The largest absolute Gasteiger partial charge is 0.381 e. The average molecular weight is 267 g/mol. The summed E-state index contributed by atoms with van der Waals surface area (Å²) in [7, 11) is 0. The molecule has 19 heavy (non-hydrogen) atoms. The molecule has 1 saturated carbocycles. The van der Waals surface area contributed by atoms with Crippen LogP contribution in [-0.4, -0.2) is 30.9 Å². The highest BCUT2D eigenvalue weighted by molar-refractivity contribution is 5.90. The van der Waals surface area contributed by atoms with E-state index in [1.807, 2.05) is 20.8 Å². The van der Waals surface area contributed by atoms with E-state index in [1.165, 1.54) is 0 Å². The van der Waals surface area contributed by atoms with E-state index in [1.54, 1.807) is 6.92 Å². The summed E-state index contributed by atoms with van der Waals surface area (Å²) >= 11 is 0. The van der Waals surface area contributed by atoms with Crippen LogP contribution >= 0.6 is 0 Å². The van der Waals surface area contributed by atoms with Gasteiger partial charge in [0.15, 0.2) is 5.78 Å². The normalized spacial score (nSPS) is 26.8. The SMILES string of the molecule is CC(=O)C(NC(=O)C1CC12CCOCC2)C(C)(C)C. The number of ether oxygens (including phenoxy) is 1. The lowest BCUT2D eigenvalue weighted by Gasteiger charge is -2.30. The van der Waals surface area contributed by atoms with E-state index in [9.17, 15) is 9.59 Å². The summed E-state index contributed by atoms with van der Waals surface area (Å²) in [5.74, 6) is 0.167. The average Bonchev–Trinajstić information content (AvgIpc) is 2.98. The first kappa shape index (κ1) is 14.5. The maximum absolute atomic E-state index is 12.3. The summed E-state index contributed by atoms with van der Waals surface area (Å²) in [6, 6.07) is -0.391. The Morgan fingerprint density at radius 2 is 1.84 bits per heavy atom. The minimum atomic E-state index is -0.391. The van der Waals surface area contributed by atoms with Crippen molar-refractivity contribution in [1.29, 1.82) is 0 Å². The van der Waals surface area contributed by atoms with Crippen LogP contribution in [-0.2, 0) is 14.3 Å². The predicted octanol–water partition coefficient (Wildman–Crippen LogP) is 1.92. The molecule has 2 atom stereocenters. The fourth-order valence-corrected chi connectivity index (χ4v) is 3.22. The molecular weight excluding hydrogens is 242 g/mol. The van der Waals surface area contributed by atoms with Gasteiger partial charge in [-0.15, -0.1) is 0 Å². The van der Waals surface area contributed by atoms with Crippen LogP contribution in [0.5, 0.6) is 0 Å². The lowest BCUT2D eigenvalue weighted by atomic mass is 9.84. The van der Waals surface area contributed by atoms with Crippen molar-refractivity contribution in [3.8, 4) is 0 Å². The molecule has 0 radical (unpaired) electrons. The second kappa shape index (κ2) is 4.89. The van der Waals surface area contributed by atoms with E-state index >= 15 is 0 Å². The standard InChI is InChI=1S/C15H25NO3/c1-10(17)12(14(2,3)4)16-13(18)11-9-15(11)5-7-19-8-6-15/h11-12H,5-9H2,1-4H3,(H,16,18). The molecule has 0 aromatic carbocycles. The zero-order valence-corrected chi connectivity index (χ0v) is 12.4. The number of carbonyl (C=O) groups is 2. The number of hydrogen-bond donors (Lipinski definition) is 1. The molecule has 1 heterocycles. The summed E-state index contributed by atoms with van der Waals surface area (Å²) in [6.07, 6.45) is 2.91. The van der Waals surface area contributed by atoms with Crippen LogP contribution in [0.2, 0.25) is 0 Å². The first-order valence-electron chi connectivity index (χ1n) is 7.15. The Labute approximate surface area is 115 Å². The number of hydrogen-bond acceptors (Lipinski definition) is 3. The predicted molar refractivity (Wildman–Crippen MR) is 72.7 cm³/mol. The van der Waals surface area contributed by atoms with Crippen molar-refractivity contribution in [2.75, 3.05) is 13.2 Å². The molecule has 2 rings (SSSR count). The summed E-state index contributed by atoms with van der Waals surface area (Å²) in [5.41, 5.74) is -0.0687. The second-order valence-electron chi connectivity index (χ2n) is 7.15. The highest BCUT2D eigenvalue weighted by Gasteiger charge is 2.58. The smallest absolute Gasteiger partial charge is 0.224 e. The number of carbonyl (C=O) groups excluding carboxylic acids is 2. The summed E-state index contributed by atoms with van der Waals surface area (Å²) in [5, 5.41) is 2.96. The molecule has 4 nitrogen and oxygen atoms in total. The topological polar surface area (TPSA) is 55.4 Å². The number of rotatable bonds is 3. The highest BCUT2D eigenvalue weighted by Crippen LogP contribution is 2.59. The Morgan fingerprint density at radius 3 is 2.32 bits per heavy atom. The number of amides is 1. The van der Waals surface area contributed by atoms with E-state index in [4.69, 9.17) is 4.74 Å². The van der Waals surface area contributed by atoms with Gasteiger partial charge >= 0.3 is 0 Å². The van der Waals surface area contributed by atoms with Gasteiger partial charge in [-0.05, 0) is 37.0 Å². The van der Waals surface area contributed by atoms with Crippen LogP contribution < -0.4 is 5.32 Å². The van der Waals surface area contributed by atoms with Crippen LogP contribution in [0.4, 0.5) is 0 Å². The minimum absolute atomic E-state index is 0.0301. The summed E-state index contributed by atoms with van der Waals surface area (Å²) < 4.78 is 5.36. The Balaban J connectivity index is 1.96. The third-order valence-electron chi connectivity index (χ3n) is 4.55. The number of ketones is 1. The first-order chi connectivity index (χ1) is 8.76. The molecule has 0 aromatic rings. The molecule has 1 saturated heterocycles. The minimum Gasteiger partial charge on any atom is -0.381 e. The molecule has 2 fully saturated rings. The Bertz CT molecular complexity index is 377. The molecule has 1 N–H and O–H groups in total. The van der Waals surface area contributed by atoms with E-state index < -0.39 is 6.04 Å². The van der Waals surface area contributed by atoms with Gasteiger partial charge in [0.25, 0.3) is 0 Å². The Kier molecular flexibility index (Phi) is 3.74. The van der Waals surface area contributed by atoms with Crippen LogP contribution in [0.25, 0.3) is 0 Å². The van der Waals surface area contributed by atoms with Gasteiger partial charge < -0.3 is 10.1 Å². The van der Waals surface area contributed by atoms with E-state index in [0.29, 0.717) is 0 Å². The molecule has 1 aliphatic carbocycles. The lowest BCUT2D eigenvalue weighted by molar-refractivity contribution is -0.130. The molecule has 108 valence electrons. The summed E-state index contributed by atoms with van der Waals surface area (Å²) in [6.45, 7) is 9.02. The molecule has 0 aromatic heterocycles. The number of nitrogens with one attached hydrogen (secondary N) is 1. The van der Waals surface area contributed by atoms with Crippen molar-refractivity contribution in [2.45, 2.75) is 53.0 Å². The fourth-order valence-electron chi connectivity index (χ4n) is 3.22. The van der Waals surface area contributed by atoms with Gasteiger partial charge in [-0.3, -0.25) is 9.59 Å². The van der Waals surface area contributed by atoms with Gasteiger partial charge in [0.05, 0.1) is 6.04 Å². The van der Waals surface area contributed by atoms with E-state index in [2.05, 4.69) is 5.32 Å². The third-order valence-corrected chi connectivity index (χ3v) is 4.55. The highest BCUT2D eigenvalue weighted by atomic mass is 16.5. The Hall–Kier alpha value is -0.900. The monoisotopic (exact) mass is 267 g/mol. The van der Waals surface area contributed by atoms with Gasteiger partial charge in [-0.2, -0.15) is 0 Å². The van der Waals surface area contributed by atoms with Crippen molar-refractivity contribution >= 4 is 11.7 Å². The van der Waals surface area contributed by atoms with E-state index in [0.717, 1.165) is 32.5 Å². The fraction of sp³-hybridized carbons (Fsp3) is 0.867. The lowest BCUT2D eigenvalue weighted by Crippen LogP contribution is -2.49. The third kappa shape index (κ3) is 2.99. The zero-order chi connectivity index (χ0) is 14.3. The van der Waals surface area contributed by atoms with Gasteiger partial charge in [-0.25, -0.2) is 0 Å². The quantitative estimate of drug-likeness (QED) is 0.850. The summed E-state index contributed by atoms with van der Waals surface area (Å²) in [4.78, 5) is 24.0. The van der Waals surface area contributed by atoms with Gasteiger partial charge in [0.2, 0.25) is 5.91 Å². The zero-order valence-electron chi connectivity index (χ0n) is 12.4. The molecule has 0 bridgehead atoms. The molecular formula is C15H25NO3. The van der Waals surface area contributed by atoms with Crippen molar-refractivity contribution in [3.05, 3.63) is 0 Å². The van der Waals surface area contributed by atoms with Crippen LogP contribution in [0, 0.1) is 16.7 Å².